The Balaban J connectivity index is 1.24. The predicted molar refractivity (Wildman–Crippen MR) is 129 cm³/mol. The second-order valence-electron chi connectivity index (χ2n) is 9.15. The minimum Gasteiger partial charge on any atom is -0.452 e. The third kappa shape index (κ3) is 3.19. The topological polar surface area (TPSA) is 92.8 Å². The highest BCUT2D eigenvalue weighted by atomic mass is 16.5. The molecule has 7 heteroatoms. The van der Waals surface area contributed by atoms with Gasteiger partial charge in [-0.05, 0) is 48.2 Å². The maximum Gasteiger partial charge on any atom is 0.338 e. The van der Waals surface area contributed by atoms with Crippen molar-refractivity contribution in [3.63, 3.8) is 0 Å². The van der Waals surface area contributed by atoms with Crippen molar-refractivity contribution in [1.29, 1.82) is 0 Å². The van der Waals surface area contributed by atoms with E-state index in [1.165, 1.54) is 11.0 Å². The van der Waals surface area contributed by atoms with E-state index in [1.807, 2.05) is 18.2 Å². The molecule has 3 aliphatic rings. The van der Waals surface area contributed by atoms with Crippen LogP contribution in [0.1, 0.15) is 52.0 Å². The molecule has 0 radical (unpaired) electrons. The van der Waals surface area contributed by atoms with E-state index in [0.29, 0.717) is 35.3 Å². The van der Waals surface area contributed by atoms with Crippen molar-refractivity contribution in [3.8, 4) is 11.1 Å². The number of carbonyl (C=O) groups excluding carboxylic acids is 4. The highest BCUT2D eigenvalue weighted by Crippen LogP contribution is 2.45. The van der Waals surface area contributed by atoms with Crippen LogP contribution in [0, 0.1) is 0 Å². The molecule has 174 valence electrons. The number of rotatable bonds is 3. The Morgan fingerprint density at radius 3 is 2.34 bits per heavy atom. The average Bonchev–Trinajstić information content (AvgIpc) is 3.47. The van der Waals surface area contributed by atoms with Crippen molar-refractivity contribution in [2.24, 2.45) is 0 Å². The van der Waals surface area contributed by atoms with Crippen molar-refractivity contribution < 1.29 is 23.9 Å². The lowest BCUT2D eigenvalue weighted by molar-refractivity contribution is -0.129. The Kier molecular flexibility index (Phi) is 4.81. The lowest BCUT2D eigenvalue weighted by Crippen LogP contribution is -2.61. The number of hydrogen-bond donors (Lipinski definition) is 1. The summed E-state index contributed by atoms with van der Waals surface area (Å²) >= 11 is 0. The van der Waals surface area contributed by atoms with Gasteiger partial charge in [-0.3, -0.25) is 19.3 Å². The molecule has 3 aromatic carbocycles. The number of amides is 2. The smallest absolute Gasteiger partial charge is 0.338 e. The van der Waals surface area contributed by atoms with E-state index < -0.39 is 24.0 Å². The van der Waals surface area contributed by atoms with Crippen molar-refractivity contribution in [3.05, 3.63) is 83.4 Å². The summed E-state index contributed by atoms with van der Waals surface area (Å²) in [7, 11) is 0. The molecule has 1 N–H and O–H groups in total. The monoisotopic (exact) mass is 466 g/mol. The molecule has 2 aliphatic carbocycles. The molecular formula is C28H22N2O5. The fourth-order valence-electron chi connectivity index (χ4n) is 5.56. The Morgan fingerprint density at radius 1 is 0.857 bits per heavy atom. The van der Waals surface area contributed by atoms with Crippen LogP contribution in [0.3, 0.4) is 0 Å². The van der Waals surface area contributed by atoms with E-state index in [9.17, 15) is 19.2 Å². The molecule has 0 atom stereocenters. The number of nitrogens with one attached hydrogen (secondary N) is 1. The van der Waals surface area contributed by atoms with E-state index in [0.717, 1.165) is 24.0 Å². The van der Waals surface area contributed by atoms with Gasteiger partial charge in [-0.25, -0.2) is 4.79 Å². The van der Waals surface area contributed by atoms with Gasteiger partial charge in [0.05, 0.1) is 16.9 Å². The van der Waals surface area contributed by atoms with E-state index in [2.05, 4.69) is 5.32 Å². The normalized spacial score (nSPS) is 17.0. The fraction of sp³-hybridized carbons (Fsp3) is 0.214. The van der Waals surface area contributed by atoms with Gasteiger partial charge in [-0.15, -0.1) is 0 Å². The summed E-state index contributed by atoms with van der Waals surface area (Å²) in [6.45, 7) is -0.506. The van der Waals surface area contributed by atoms with Gasteiger partial charge in [0.25, 0.3) is 11.8 Å². The first-order chi connectivity index (χ1) is 17.0. The van der Waals surface area contributed by atoms with E-state index in [-0.39, 0.29) is 17.3 Å². The summed E-state index contributed by atoms with van der Waals surface area (Å²) in [5, 5.41) is 2.93. The second-order valence-corrected chi connectivity index (χ2v) is 9.15. The first-order valence-corrected chi connectivity index (χ1v) is 11.7. The lowest BCUT2D eigenvalue weighted by atomic mass is 9.90. The van der Waals surface area contributed by atoms with E-state index in [1.54, 1.807) is 42.5 Å². The molecule has 35 heavy (non-hydrogen) atoms. The molecule has 1 spiro atoms. The van der Waals surface area contributed by atoms with Crippen molar-refractivity contribution in [1.82, 2.24) is 0 Å². The number of esters is 1. The summed E-state index contributed by atoms with van der Waals surface area (Å²) in [6, 6.07) is 19.3. The second kappa shape index (κ2) is 7.91. The Hall–Kier alpha value is -4.26. The third-order valence-corrected chi connectivity index (χ3v) is 7.21. The highest BCUT2D eigenvalue weighted by Gasteiger charge is 2.52. The van der Waals surface area contributed by atoms with E-state index in [4.69, 9.17) is 4.74 Å². The average molecular weight is 466 g/mol. The number of ketones is 1. The number of ether oxygens (including phenoxy) is 1. The quantitative estimate of drug-likeness (QED) is 0.453. The summed E-state index contributed by atoms with van der Waals surface area (Å²) in [6.07, 6.45) is 2.79. The van der Waals surface area contributed by atoms with Gasteiger partial charge >= 0.3 is 5.97 Å². The molecule has 0 saturated heterocycles. The number of para-hydroxylation sites is 2. The zero-order valence-corrected chi connectivity index (χ0v) is 18.9. The molecule has 0 unspecified atom stereocenters. The Labute approximate surface area is 201 Å². The number of hydrogen-bond acceptors (Lipinski definition) is 5. The van der Waals surface area contributed by atoms with Gasteiger partial charge in [0.15, 0.2) is 12.4 Å². The molecule has 6 rings (SSSR count). The number of carbonyl (C=O) groups is 4. The standard InChI is InChI=1S/C28H22N2O5/c31-24(30-23-10-4-3-9-22(23)29-27(34)28(30)13-5-6-14-28)16-35-26(33)17-11-12-19-18-7-1-2-8-20(18)25(32)21(19)15-17/h1-4,7-12,15H,5-6,13-14,16H2,(H,29,34). The Bertz CT molecular complexity index is 1420. The highest BCUT2D eigenvalue weighted by molar-refractivity contribution is 6.22. The zero-order chi connectivity index (χ0) is 24.2. The molecule has 0 aromatic heterocycles. The summed E-state index contributed by atoms with van der Waals surface area (Å²) in [5.41, 5.74) is 3.06. The van der Waals surface area contributed by atoms with Crippen LogP contribution in [-0.4, -0.2) is 35.7 Å². The van der Waals surface area contributed by atoms with Crippen LogP contribution in [-0.2, 0) is 14.3 Å². The van der Waals surface area contributed by atoms with E-state index >= 15 is 0 Å². The number of anilines is 2. The maximum absolute atomic E-state index is 13.4. The fourth-order valence-corrected chi connectivity index (χ4v) is 5.56. The van der Waals surface area contributed by atoms with Crippen LogP contribution < -0.4 is 10.2 Å². The van der Waals surface area contributed by atoms with Gasteiger partial charge in [0.2, 0.25) is 0 Å². The van der Waals surface area contributed by atoms with Crippen LogP contribution in [0.25, 0.3) is 11.1 Å². The van der Waals surface area contributed by atoms with Crippen molar-refractivity contribution in [2.75, 3.05) is 16.8 Å². The van der Waals surface area contributed by atoms with Crippen LogP contribution >= 0.6 is 0 Å². The SMILES string of the molecule is O=C(OCC(=O)N1c2ccccc2NC(=O)C12CCCC2)c1ccc2c(c1)C(=O)c1ccccc1-2. The predicted octanol–water partition coefficient (Wildman–Crippen LogP) is 4.35. The summed E-state index contributed by atoms with van der Waals surface area (Å²) < 4.78 is 5.40. The molecule has 1 aliphatic heterocycles. The molecule has 1 heterocycles. The summed E-state index contributed by atoms with van der Waals surface area (Å²) in [4.78, 5) is 53.6. The molecule has 1 saturated carbocycles. The van der Waals surface area contributed by atoms with Gasteiger partial charge in [-0.1, -0.05) is 55.3 Å². The van der Waals surface area contributed by atoms with Crippen LogP contribution in [0.4, 0.5) is 11.4 Å². The van der Waals surface area contributed by atoms with Gasteiger partial charge in [-0.2, -0.15) is 0 Å². The van der Waals surface area contributed by atoms with Gasteiger partial charge in [0, 0.05) is 11.1 Å². The molecule has 3 aromatic rings. The van der Waals surface area contributed by atoms with Gasteiger partial charge < -0.3 is 10.1 Å². The minimum atomic E-state index is -0.969. The van der Waals surface area contributed by atoms with Gasteiger partial charge in [0.1, 0.15) is 5.54 Å². The number of fused-ring (bicyclic) bond motifs is 4. The molecule has 7 nitrogen and oxygen atoms in total. The zero-order valence-electron chi connectivity index (χ0n) is 18.9. The first kappa shape index (κ1) is 21.3. The molecular weight excluding hydrogens is 444 g/mol. The largest absolute Gasteiger partial charge is 0.452 e. The number of nitrogens with zero attached hydrogens (tertiary/aromatic N) is 1. The lowest BCUT2D eigenvalue weighted by Gasteiger charge is -2.44. The summed E-state index contributed by atoms with van der Waals surface area (Å²) in [5.74, 6) is -1.49. The van der Waals surface area contributed by atoms with Crippen LogP contribution in [0.15, 0.2) is 66.7 Å². The maximum atomic E-state index is 13.4. The minimum absolute atomic E-state index is 0.138. The molecule has 2 amide bonds. The van der Waals surface area contributed by atoms with Crippen LogP contribution in [0.2, 0.25) is 0 Å². The third-order valence-electron chi connectivity index (χ3n) is 7.21. The molecule has 0 bridgehead atoms. The first-order valence-electron chi connectivity index (χ1n) is 11.7. The van der Waals surface area contributed by atoms with Crippen LogP contribution in [0.5, 0.6) is 0 Å². The van der Waals surface area contributed by atoms with Crippen molar-refractivity contribution in [2.45, 2.75) is 31.2 Å². The number of benzene rings is 3. The Morgan fingerprint density at radius 2 is 1.54 bits per heavy atom. The molecule has 1 fully saturated rings. The van der Waals surface area contributed by atoms with Crippen molar-refractivity contribution >= 4 is 34.9 Å².